The first-order valence-electron chi connectivity index (χ1n) is 6.61. The van der Waals surface area contributed by atoms with Crippen LogP contribution in [0.25, 0.3) is 6.08 Å². The molecular weight excluding hydrogens is 320 g/mol. The van der Waals surface area contributed by atoms with Gasteiger partial charge in [0, 0.05) is 23.8 Å². The molecule has 0 atom stereocenters. The average molecular weight is 333 g/mol. The number of benzene rings is 1. The quantitative estimate of drug-likeness (QED) is 0.692. The number of halogens is 1. The third-order valence-corrected chi connectivity index (χ3v) is 3.98. The molecule has 1 aromatic carbocycles. The summed E-state index contributed by atoms with van der Waals surface area (Å²) in [6, 6.07) is 7.40. The van der Waals surface area contributed by atoms with E-state index in [-0.39, 0.29) is 5.91 Å². The van der Waals surface area contributed by atoms with E-state index in [0.717, 1.165) is 11.1 Å². The second-order valence-electron chi connectivity index (χ2n) is 4.92. The van der Waals surface area contributed by atoms with Crippen molar-refractivity contribution in [1.29, 1.82) is 0 Å². The average Bonchev–Trinajstić information content (AvgIpc) is 3.00. The fraction of sp³-hybridized carbons (Fsp3) is 0.133. The van der Waals surface area contributed by atoms with Crippen LogP contribution < -0.4 is 5.32 Å². The van der Waals surface area contributed by atoms with Gasteiger partial charge in [-0.3, -0.25) is 14.4 Å². The lowest BCUT2D eigenvalue weighted by molar-refractivity contribution is -0.122. The van der Waals surface area contributed by atoms with Crippen LogP contribution in [-0.2, 0) is 18.4 Å². The van der Waals surface area contributed by atoms with Gasteiger partial charge in [-0.15, -0.1) is 0 Å². The zero-order valence-electron chi connectivity index (χ0n) is 11.8. The second-order valence-corrected chi connectivity index (χ2v) is 5.71. The Morgan fingerprint density at radius 1 is 1.41 bits per heavy atom. The maximum Gasteiger partial charge on any atom is 0.276 e. The first kappa shape index (κ1) is 14.7. The third-order valence-electron chi connectivity index (χ3n) is 3.28. The van der Waals surface area contributed by atoms with Crippen LogP contribution in [0.5, 0.6) is 0 Å². The van der Waals surface area contributed by atoms with E-state index in [1.54, 1.807) is 23.0 Å². The molecule has 0 radical (unpaired) electrons. The number of thiocarbonyl (C=S) groups is 1. The molecule has 0 unspecified atom stereocenters. The van der Waals surface area contributed by atoms with Crippen molar-refractivity contribution in [3.63, 3.8) is 0 Å². The Morgan fingerprint density at radius 3 is 2.86 bits per heavy atom. The highest BCUT2D eigenvalue weighted by Crippen LogP contribution is 2.21. The number of hydrogen-bond acceptors (Lipinski definition) is 3. The molecule has 22 heavy (non-hydrogen) atoms. The lowest BCUT2D eigenvalue weighted by atomic mass is 10.2. The van der Waals surface area contributed by atoms with E-state index >= 15 is 0 Å². The van der Waals surface area contributed by atoms with Crippen molar-refractivity contribution >= 4 is 40.9 Å². The predicted octanol–water partition coefficient (Wildman–Crippen LogP) is 2.33. The fourth-order valence-electron chi connectivity index (χ4n) is 2.19. The molecule has 2 aromatic rings. The van der Waals surface area contributed by atoms with E-state index in [9.17, 15) is 4.79 Å². The largest absolute Gasteiger partial charge is 0.328 e. The molecule has 1 N–H and O–H groups in total. The Kier molecular flexibility index (Phi) is 3.96. The van der Waals surface area contributed by atoms with Gasteiger partial charge in [-0.1, -0.05) is 29.8 Å². The van der Waals surface area contributed by atoms with Gasteiger partial charge < -0.3 is 5.32 Å². The molecule has 7 heteroatoms. The lowest BCUT2D eigenvalue weighted by Crippen LogP contribution is -2.30. The Hall–Kier alpha value is -2.18. The third kappa shape index (κ3) is 2.88. The number of rotatable bonds is 3. The van der Waals surface area contributed by atoms with Crippen LogP contribution in [0.1, 0.15) is 11.1 Å². The van der Waals surface area contributed by atoms with E-state index in [4.69, 9.17) is 23.8 Å². The standard InChI is InChI=1S/C15H13ClN4OS/c1-19-8-10(7-17-19)6-13-14(21)20(15(22)18-13)9-11-4-2-3-5-12(11)16/h2-8H,9H2,1H3,(H,18,22)/b13-6-. The molecule has 1 aliphatic heterocycles. The maximum absolute atomic E-state index is 12.5. The molecule has 112 valence electrons. The molecule has 5 nitrogen and oxygen atoms in total. The van der Waals surface area contributed by atoms with Crippen LogP contribution in [0.15, 0.2) is 42.4 Å². The minimum atomic E-state index is -0.172. The van der Waals surface area contributed by atoms with E-state index in [1.165, 1.54) is 4.90 Å². The van der Waals surface area contributed by atoms with Gasteiger partial charge in [-0.25, -0.2) is 0 Å². The molecule has 0 bridgehead atoms. The second kappa shape index (κ2) is 5.90. The lowest BCUT2D eigenvalue weighted by Gasteiger charge is -2.14. The SMILES string of the molecule is Cn1cc(/C=C2\NC(=S)N(Cc3ccccc3Cl)C2=O)cn1. The van der Waals surface area contributed by atoms with Crippen molar-refractivity contribution < 1.29 is 4.79 Å². The van der Waals surface area contributed by atoms with Gasteiger partial charge >= 0.3 is 0 Å². The van der Waals surface area contributed by atoms with Crippen molar-refractivity contribution in [3.05, 3.63) is 58.5 Å². The van der Waals surface area contributed by atoms with Crippen molar-refractivity contribution in [2.75, 3.05) is 0 Å². The summed E-state index contributed by atoms with van der Waals surface area (Å²) in [7, 11) is 1.82. The topological polar surface area (TPSA) is 50.2 Å². The van der Waals surface area contributed by atoms with Gasteiger partial charge in [0.15, 0.2) is 5.11 Å². The maximum atomic E-state index is 12.5. The van der Waals surface area contributed by atoms with Gasteiger partial charge in [-0.2, -0.15) is 5.10 Å². The van der Waals surface area contributed by atoms with Crippen LogP contribution >= 0.6 is 23.8 Å². The Balaban J connectivity index is 1.83. The summed E-state index contributed by atoms with van der Waals surface area (Å²) in [4.78, 5) is 14.0. The number of aryl methyl sites for hydroxylation is 1. The van der Waals surface area contributed by atoms with E-state index < -0.39 is 0 Å². The van der Waals surface area contributed by atoms with E-state index in [1.807, 2.05) is 31.4 Å². The molecule has 1 aliphatic rings. The molecule has 1 aromatic heterocycles. The molecule has 0 saturated carbocycles. The number of carbonyl (C=O) groups is 1. The van der Waals surface area contributed by atoms with E-state index in [0.29, 0.717) is 22.4 Å². The smallest absolute Gasteiger partial charge is 0.276 e. The summed E-state index contributed by atoms with van der Waals surface area (Å²) in [6.07, 6.45) is 5.23. The minimum Gasteiger partial charge on any atom is -0.328 e. The Bertz CT molecular complexity index is 783. The number of hydrogen-bond donors (Lipinski definition) is 1. The zero-order valence-corrected chi connectivity index (χ0v) is 13.4. The Labute approximate surface area is 138 Å². The molecule has 2 heterocycles. The van der Waals surface area contributed by atoms with Gasteiger partial charge in [0.1, 0.15) is 5.70 Å². The number of nitrogens with zero attached hydrogens (tertiary/aromatic N) is 3. The molecule has 3 rings (SSSR count). The molecule has 1 fully saturated rings. The predicted molar refractivity (Wildman–Crippen MR) is 88.9 cm³/mol. The van der Waals surface area contributed by atoms with Crippen LogP contribution in [0, 0.1) is 0 Å². The number of nitrogens with one attached hydrogen (secondary N) is 1. The first-order valence-corrected chi connectivity index (χ1v) is 7.40. The minimum absolute atomic E-state index is 0.172. The highest BCUT2D eigenvalue weighted by Gasteiger charge is 2.31. The summed E-state index contributed by atoms with van der Waals surface area (Å²) < 4.78 is 1.67. The first-order chi connectivity index (χ1) is 10.5. The van der Waals surface area contributed by atoms with Crippen molar-refractivity contribution in [2.45, 2.75) is 6.54 Å². The number of amides is 1. The van der Waals surface area contributed by atoms with E-state index in [2.05, 4.69) is 10.4 Å². The van der Waals surface area contributed by atoms with Crippen molar-refractivity contribution in [3.8, 4) is 0 Å². The van der Waals surface area contributed by atoms with Crippen molar-refractivity contribution in [1.82, 2.24) is 20.0 Å². The summed E-state index contributed by atoms with van der Waals surface area (Å²) >= 11 is 11.4. The summed E-state index contributed by atoms with van der Waals surface area (Å²) in [5, 5.41) is 8.00. The number of carbonyl (C=O) groups excluding carboxylic acids is 1. The Morgan fingerprint density at radius 2 is 2.18 bits per heavy atom. The van der Waals surface area contributed by atoms with Crippen LogP contribution in [-0.4, -0.2) is 25.7 Å². The van der Waals surface area contributed by atoms with Gasteiger partial charge in [0.05, 0.1) is 12.7 Å². The highest BCUT2D eigenvalue weighted by atomic mass is 35.5. The molecule has 0 aliphatic carbocycles. The zero-order chi connectivity index (χ0) is 15.7. The molecular formula is C15H13ClN4OS. The molecule has 0 spiro atoms. The molecule has 1 saturated heterocycles. The van der Waals surface area contributed by atoms with Crippen LogP contribution in [0.3, 0.4) is 0 Å². The number of aromatic nitrogens is 2. The summed E-state index contributed by atoms with van der Waals surface area (Å²) in [5.74, 6) is -0.172. The van der Waals surface area contributed by atoms with Gasteiger partial charge in [0.25, 0.3) is 5.91 Å². The summed E-state index contributed by atoms with van der Waals surface area (Å²) in [6.45, 7) is 0.342. The van der Waals surface area contributed by atoms with Crippen LogP contribution in [0.2, 0.25) is 5.02 Å². The van der Waals surface area contributed by atoms with Gasteiger partial charge in [-0.05, 0) is 29.9 Å². The monoisotopic (exact) mass is 332 g/mol. The highest BCUT2D eigenvalue weighted by molar-refractivity contribution is 7.80. The fourth-order valence-corrected chi connectivity index (χ4v) is 2.65. The van der Waals surface area contributed by atoms with Crippen molar-refractivity contribution in [2.24, 2.45) is 7.05 Å². The molecule has 1 amide bonds. The normalized spacial score (nSPS) is 16.5. The van der Waals surface area contributed by atoms with Crippen LogP contribution in [0.4, 0.5) is 0 Å². The van der Waals surface area contributed by atoms with Gasteiger partial charge in [0.2, 0.25) is 0 Å². The summed E-state index contributed by atoms with van der Waals surface area (Å²) in [5.41, 5.74) is 2.12.